The standard InChI is InChI=1S/C12H23N5S/c1-3-17-5-4-14-12(17)8-10(15-13)11-9-18-7-6-16(11)2/h4-5,10-11,15H,3,6-9,13H2,1-2H3. The van der Waals surface area contributed by atoms with Gasteiger partial charge in [-0.15, -0.1) is 0 Å². The largest absolute Gasteiger partial charge is 0.335 e. The first-order chi connectivity index (χ1) is 8.76. The molecule has 3 N–H and O–H groups in total. The van der Waals surface area contributed by atoms with E-state index in [1.165, 1.54) is 5.75 Å². The van der Waals surface area contributed by atoms with Crippen LogP contribution in [-0.2, 0) is 13.0 Å². The summed E-state index contributed by atoms with van der Waals surface area (Å²) in [5.74, 6) is 9.22. The van der Waals surface area contributed by atoms with Gasteiger partial charge in [0.1, 0.15) is 5.82 Å². The zero-order valence-corrected chi connectivity index (χ0v) is 12.0. The molecule has 1 fully saturated rings. The monoisotopic (exact) mass is 269 g/mol. The highest BCUT2D eigenvalue weighted by atomic mass is 32.2. The van der Waals surface area contributed by atoms with Gasteiger partial charge in [0.25, 0.3) is 0 Å². The highest BCUT2D eigenvalue weighted by molar-refractivity contribution is 7.99. The van der Waals surface area contributed by atoms with E-state index in [-0.39, 0.29) is 6.04 Å². The van der Waals surface area contributed by atoms with E-state index in [9.17, 15) is 0 Å². The number of nitrogens with two attached hydrogens (primary N) is 1. The second kappa shape index (κ2) is 6.56. The average molecular weight is 269 g/mol. The molecule has 1 aromatic rings. The van der Waals surface area contributed by atoms with Crippen molar-refractivity contribution in [3.63, 3.8) is 0 Å². The van der Waals surface area contributed by atoms with E-state index >= 15 is 0 Å². The first-order valence-electron chi connectivity index (χ1n) is 6.50. The number of aromatic nitrogens is 2. The van der Waals surface area contributed by atoms with E-state index in [1.54, 1.807) is 0 Å². The molecule has 0 saturated carbocycles. The van der Waals surface area contributed by atoms with E-state index in [1.807, 2.05) is 24.2 Å². The van der Waals surface area contributed by atoms with Gasteiger partial charge in [0, 0.05) is 55.5 Å². The molecule has 0 bridgehead atoms. The van der Waals surface area contributed by atoms with Crippen LogP contribution in [-0.4, -0.2) is 51.6 Å². The zero-order valence-electron chi connectivity index (χ0n) is 11.2. The van der Waals surface area contributed by atoms with Crippen LogP contribution in [0.15, 0.2) is 12.4 Å². The fraction of sp³-hybridized carbons (Fsp3) is 0.750. The van der Waals surface area contributed by atoms with Gasteiger partial charge in [-0.1, -0.05) is 0 Å². The van der Waals surface area contributed by atoms with E-state index in [4.69, 9.17) is 5.84 Å². The van der Waals surface area contributed by atoms with Crippen LogP contribution < -0.4 is 11.3 Å². The molecule has 0 aliphatic carbocycles. The van der Waals surface area contributed by atoms with Crippen molar-refractivity contribution >= 4 is 11.8 Å². The van der Waals surface area contributed by atoms with Crippen molar-refractivity contribution < 1.29 is 0 Å². The van der Waals surface area contributed by atoms with Crippen LogP contribution in [0.25, 0.3) is 0 Å². The van der Waals surface area contributed by atoms with Gasteiger partial charge in [-0.05, 0) is 14.0 Å². The predicted octanol–water partition coefficient (Wildman–Crippen LogP) is 0.325. The number of nitrogens with zero attached hydrogens (tertiary/aromatic N) is 3. The average Bonchev–Trinajstić information content (AvgIpc) is 2.84. The van der Waals surface area contributed by atoms with Crippen LogP contribution in [0, 0.1) is 0 Å². The molecule has 0 amide bonds. The van der Waals surface area contributed by atoms with E-state index in [0.717, 1.165) is 31.1 Å². The number of imidazole rings is 1. The molecule has 1 aliphatic rings. The number of hydrogen-bond acceptors (Lipinski definition) is 5. The lowest BCUT2D eigenvalue weighted by molar-refractivity contribution is 0.212. The van der Waals surface area contributed by atoms with Crippen molar-refractivity contribution in [1.82, 2.24) is 19.9 Å². The number of hydrazine groups is 1. The van der Waals surface area contributed by atoms with E-state index in [2.05, 4.69) is 33.8 Å². The quantitative estimate of drug-likeness (QED) is 0.596. The van der Waals surface area contributed by atoms with E-state index in [0.29, 0.717) is 6.04 Å². The summed E-state index contributed by atoms with van der Waals surface area (Å²) >= 11 is 2.01. The molecular weight excluding hydrogens is 246 g/mol. The Morgan fingerprint density at radius 3 is 3.17 bits per heavy atom. The smallest absolute Gasteiger partial charge is 0.110 e. The fourth-order valence-electron chi connectivity index (χ4n) is 2.45. The summed E-state index contributed by atoms with van der Waals surface area (Å²) in [6.07, 6.45) is 4.78. The van der Waals surface area contributed by atoms with Crippen molar-refractivity contribution in [1.29, 1.82) is 0 Å². The first-order valence-corrected chi connectivity index (χ1v) is 7.65. The van der Waals surface area contributed by atoms with Crippen LogP contribution in [0.3, 0.4) is 0 Å². The molecule has 0 spiro atoms. The van der Waals surface area contributed by atoms with Crippen LogP contribution in [0.2, 0.25) is 0 Å². The molecule has 18 heavy (non-hydrogen) atoms. The highest BCUT2D eigenvalue weighted by Crippen LogP contribution is 2.19. The summed E-state index contributed by atoms with van der Waals surface area (Å²) in [7, 11) is 2.18. The fourth-order valence-corrected chi connectivity index (χ4v) is 3.76. The minimum absolute atomic E-state index is 0.260. The molecule has 6 heteroatoms. The number of hydrogen-bond donors (Lipinski definition) is 2. The zero-order chi connectivity index (χ0) is 13.0. The molecule has 1 aromatic heterocycles. The third-order valence-electron chi connectivity index (χ3n) is 3.67. The minimum atomic E-state index is 0.260. The molecular formula is C12H23N5S. The SMILES string of the molecule is CCn1ccnc1CC(NN)C1CSCCN1C. The van der Waals surface area contributed by atoms with Gasteiger partial charge in [0.2, 0.25) is 0 Å². The summed E-state index contributed by atoms with van der Waals surface area (Å²) < 4.78 is 2.18. The molecule has 5 nitrogen and oxygen atoms in total. The van der Waals surface area contributed by atoms with Crippen molar-refractivity contribution in [2.75, 3.05) is 25.1 Å². The minimum Gasteiger partial charge on any atom is -0.335 e. The van der Waals surface area contributed by atoms with Crippen molar-refractivity contribution in [3.05, 3.63) is 18.2 Å². The molecule has 2 unspecified atom stereocenters. The maximum absolute atomic E-state index is 5.75. The summed E-state index contributed by atoms with van der Waals surface area (Å²) in [5, 5.41) is 0. The Morgan fingerprint density at radius 2 is 2.50 bits per heavy atom. The van der Waals surface area contributed by atoms with Gasteiger partial charge >= 0.3 is 0 Å². The maximum Gasteiger partial charge on any atom is 0.110 e. The Balaban J connectivity index is 2.04. The third-order valence-corrected chi connectivity index (χ3v) is 4.71. The molecule has 102 valence electrons. The molecule has 1 saturated heterocycles. The van der Waals surface area contributed by atoms with Gasteiger partial charge in [0.05, 0.1) is 0 Å². The molecule has 0 radical (unpaired) electrons. The van der Waals surface area contributed by atoms with Crippen LogP contribution >= 0.6 is 11.8 Å². The molecule has 2 atom stereocenters. The third kappa shape index (κ3) is 3.06. The molecule has 2 heterocycles. The topological polar surface area (TPSA) is 59.1 Å². The predicted molar refractivity (Wildman–Crippen MR) is 76.5 cm³/mol. The Kier molecular flexibility index (Phi) is 5.05. The first kappa shape index (κ1) is 13.9. The van der Waals surface area contributed by atoms with Gasteiger partial charge in [-0.3, -0.25) is 11.3 Å². The summed E-state index contributed by atoms with van der Waals surface area (Å²) in [6.45, 7) is 4.23. The van der Waals surface area contributed by atoms with Crippen LogP contribution in [0.1, 0.15) is 12.7 Å². The normalized spacial score (nSPS) is 23.2. The Morgan fingerprint density at radius 1 is 1.67 bits per heavy atom. The summed E-state index contributed by atoms with van der Waals surface area (Å²) in [4.78, 5) is 6.84. The number of thioether (sulfide) groups is 1. The molecule has 0 aromatic carbocycles. The lowest BCUT2D eigenvalue weighted by Crippen LogP contribution is -2.55. The Hall–Kier alpha value is -0.560. The number of likely N-dealkylation sites (N-methyl/N-ethyl adjacent to an activating group) is 1. The second-order valence-corrected chi connectivity index (χ2v) is 5.88. The lowest BCUT2D eigenvalue weighted by Gasteiger charge is -2.37. The van der Waals surface area contributed by atoms with Crippen molar-refractivity contribution in [2.24, 2.45) is 5.84 Å². The lowest BCUT2D eigenvalue weighted by atomic mass is 10.1. The number of aryl methyl sites for hydroxylation is 1. The Labute approximate surface area is 113 Å². The highest BCUT2D eigenvalue weighted by Gasteiger charge is 2.28. The number of nitrogens with one attached hydrogen (secondary N) is 1. The Bertz CT molecular complexity index is 367. The molecule has 2 rings (SSSR count). The van der Waals surface area contributed by atoms with Crippen molar-refractivity contribution in [3.8, 4) is 0 Å². The summed E-state index contributed by atoms with van der Waals surface area (Å²) in [5.41, 5.74) is 2.98. The number of rotatable bonds is 5. The maximum atomic E-state index is 5.75. The van der Waals surface area contributed by atoms with Gasteiger partial charge in [-0.25, -0.2) is 4.98 Å². The van der Waals surface area contributed by atoms with Gasteiger partial charge < -0.3 is 9.47 Å². The van der Waals surface area contributed by atoms with Gasteiger partial charge in [0.15, 0.2) is 0 Å². The van der Waals surface area contributed by atoms with Crippen LogP contribution in [0.4, 0.5) is 0 Å². The van der Waals surface area contributed by atoms with Gasteiger partial charge in [-0.2, -0.15) is 11.8 Å². The van der Waals surface area contributed by atoms with Crippen molar-refractivity contribution in [2.45, 2.75) is 32.0 Å². The molecule has 1 aliphatic heterocycles. The van der Waals surface area contributed by atoms with E-state index < -0.39 is 0 Å². The summed E-state index contributed by atoms with van der Waals surface area (Å²) in [6, 6.07) is 0.742. The second-order valence-electron chi connectivity index (χ2n) is 4.73. The van der Waals surface area contributed by atoms with Crippen LogP contribution in [0.5, 0.6) is 0 Å².